The number of methoxy groups -OCH3 is 2. The summed E-state index contributed by atoms with van der Waals surface area (Å²) < 4.78 is 10.5. The summed E-state index contributed by atoms with van der Waals surface area (Å²) >= 11 is 0. The molecule has 0 spiro atoms. The molecule has 0 saturated heterocycles. The van der Waals surface area contributed by atoms with E-state index in [2.05, 4.69) is 23.2 Å². The second-order valence-electron chi connectivity index (χ2n) is 4.87. The van der Waals surface area contributed by atoms with E-state index in [-0.39, 0.29) is 0 Å². The van der Waals surface area contributed by atoms with Crippen LogP contribution < -0.4 is 9.47 Å². The van der Waals surface area contributed by atoms with Crippen molar-refractivity contribution < 1.29 is 9.47 Å². The first-order chi connectivity index (χ1) is 10.3. The maximum atomic E-state index is 5.27. The van der Waals surface area contributed by atoms with Crippen LogP contribution in [0.2, 0.25) is 0 Å². The van der Waals surface area contributed by atoms with E-state index in [1.54, 1.807) is 14.2 Å². The first-order valence-electron chi connectivity index (χ1n) is 6.85. The number of fused-ring (bicyclic) bond motifs is 1. The molecule has 1 aromatic heterocycles. The molecule has 3 heteroatoms. The number of aromatic nitrogens is 1. The van der Waals surface area contributed by atoms with Crippen molar-refractivity contribution >= 4 is 10.8 Å². The van der Waals surface area contributed by atoms with Crippen LogP contribution in [0.15, 0.2) is 54.7 Å². The van der Waals surface area contributed by atoms with E-state index in [1.165, 1.54) is 5.56 Å². The number of benzene rings is 2. The van der Waals surface area contributed by atoms with Gasteiger partial charge in [0.05, 0.1) is 19.9 Å². The van der Waals surface area contributed by atoms with Gasteiger partial charge in [0.15, 0.2) is 0 Å². The van der Waals surface area contributed by atoms with Gasteiger partial charge in [0.1, 0.15) is 11.5 Å². The van der Waals surface area contributed by atoms with Gasteiger partial charge >= 0.3 is 0 Å². The predicted molar refractivity (Wildman–Crippen MR) is 84.1 cm³/mol. The number of hydrogen-bond acceptors (Lipinski definition) is 3. The molecule has 0 aliphatic rings. The Morgan fingerprint density at radius 3 is 2.29 bits per heavy atom. The average molecular weight is 279 g/mol. The maximum Gasteiger partial charge on any atom is 0.119 e. The topological polar surface area (TPSA) is 31.4 Å². The molecule has 3 rings (SSSR count). The molecule has 0 aliphatic heterocycles. The summed E-state index contributed by atoms with van der Waals surface area (Å²) in [5.41, 5.74) is 2.28. The molecule has 3 aromatic rings. The zero-order valence-corrected chi connectivity index (χ0v) is 12.2. The van der Waals surface area contributed by atoms with Gasteiger partial charge in [-0.05, 0) is 47.3 Å². The fourth-order valence-corrected chi connectivity index (χ4v) is 2.42. The van der Waals surface area contributed by atoms with Crippen molar-refractivity contribution in [2.75, 3.05) is 14.2 Å². The van der Waals surface area contributed by atoms with E-state index in [9.17, 15) is 0 Å². The van der Waals surface area contributed by atoms with Crippen molar-refractivity contribution in [1.29, 1.82) is 0 Å². The Morgan fingerprint density at radius 2 is 1.57 bits per heavy atom. The highest BCUT2D eigenvalue weighted by atomic mass is 16.5. The van der Waals surface area contributed by atoms with Gasteiger partial charge in [-0.1, -0.05) is 12.1 Å². The summed E-state index contributed by atoms with van der Waals surface area (Å²) in [5, 5.41) is 2.31. The zero-order chi connectivity index (χ0) is 14.7. The Hall–Kier alpha value is -2.55. The molecule has 0 bridgehead atoms. The molecule has 0 aliphatic carbocycles. The molecule has 106 valence electrons. The second kappa shape index (κ2) is 5.83. The normalized spacial score (nSPS) is 10.6. The van der Waals surface area contributed by atoms with Crippen LogP contribution >= 0.6 is 0 Å². The third-order valence-corrected chi connectivity index (χ3v) is 3.58. The number of ether oxygens (including phenoxy) is 2. The van der Waals surface area contributed by atoms with Crippen LogP contribution in [0.25, 0.3) is 10.8 Å². The van der Waals surface area contributed by atoms with Crippen molar-refractivity contribution in [3.63, 3.8) is 0 Å². The van der Waals surface area contributed by atoms with Crippen LogP contribution in [0.5, 0.6) is 11.5 Å². The lowest BCUT2D eigenvalue weighted by Gasteiger charge is -2.08. The third-order valence-electron chi connectivity index (χ3n) is 3.58. The van der Waals surface area contributed by atoms with Gasteiger partial charge in [-0.3, -0.25) is 4.98 Å². The molecule has 0 unspecified atom stereocenters. The van der Waals surface area contributed by atoms with E-state index in [0.29, 0.717) is 0 Å². The van der Waals surface area contributed by atoms with Crippen LogP contribution in [-0.4, -0.2) is 19.2 Å². The lowest BCUT2D eigenvalue weighted by atomic mass is 10.0. The molecule has 0 fully saturated rings. The summed E-state index contributed by atoms with van der Waals surface area (Å²) in [6, 6.07) is 16.2. The first-order valence-corrected chi connectivity index (χ1v) is 6.85. The molecule has 1 heterocycles. The fourth-order valence-electron chi connectivity index (χ4n) is 2.42. The van der Waals surface area contributed by atoms with Crippen LogP contribution in [0.4, 0.5) is 0 Å². The van der Waals surface area contributed by atoms with Crippen molar-refractivity contribution in [2.24, 2.45) is 0 Å². The fraction of sp³-hybridized carbons (Fsp3) is 0.167. The summed E-state index contributed by atoms with van der Waals surface area (Å²) in [4.78, 5) is 4.53. The largest absolute Gasteiger partial charge is 0.497 e. The smallest absolute Gasteiger partial charge is 0.119 e. The standard InChI is InChI=1S/C18H17NO2/c1-20-15-5-3-13(4-6-15)11-18-17-8-7-16(21-2)12-14(17)9-10-19-18/h3-10,12H,11H2,1-2H3. The summed E-state index contributed by atoms with van der Waals surface area (Å²) in [6.45, 7) is 0. The monoisotopic (exact) mass is 279 g/mol. The van der Waals surface area contributed by atoms with E-state index in [0.717, 1.165) is 34.4 Å². The number of hydrogen-bond donors (Lipinski definition) is 0. The Labute approximate surface area is 124 Å². The van der Waals surface area contributed by atoms with Crippen molar-refractivity contribution in [1.82, 2.24) is 4.98 Å². The Bertz CT molecular complexity index is 751. The number of rotatable bonds is 4. The highest BCUT2D eigenvalue weighted by molar-refractivity contribution is 5.86. The Balaban J connectivity index is 1.95. The van der Waals surface area contributed by atoms with Crippen LogP contribution in [0.3, 0.4) is 0 Å². The number of pyridine rings is 1. The minimum absolute atomic E-state index is 0.799. The molecule has 2 aromatic carbocycles. The van der Waals surface area contributed by atoms with Crippen LogP contribution in [0.1, 0.15) is 11.3 Å². The average Bonchev–Trinajstić information content (AvgIpc) is 2.55. The molecular weight excluding hydrogens is 262 g/mol. The van der Waals surface area contributed by atoms with Gasteiger partial charge in [0, 0.05) is 18.0 Å². The van der Waals surface area contributed by atoms with Gasteiger partial charge in [-0.15, -0.1) is 0 Å². The molecule has 0 saturated carbocycles. The molecule has 21 heavy (non-hydrogen) atoms. The summed E-state index contributed by atoms with van der Waals surface area (Å²) in [7, 11) is 3.36. The minimum Gasteiger partial charge on any atom is -0.497 e. The van der Waals surface area contributed by atoms with E-state index >= 15 is 0 Å². The van der Waals surface area contributed by atoms with Crippen LogP contribution in [-0.2, 0) is 6.42 Å². The van der Waals surface area contributed by atoms with Gasteiger partial charge in [-0.2, -0.15) is 0 Å². The number of nitrogens with zero attached hydrogens (tertiary/aromatic N) is 1. The van der Waals surface area contributed by atoms with Gasteiger partial charge in [0.25, 0.3) is 0 Å². The second-order valence-corrected chi connectivity index (χ2v) is 4.87. The van der Waals surface area contributed by atoms with E-state index < -0.39 is 0 Å². The Morgan fingerprint density at radius 1 is 0.857 bits per heavy atom. The molecule has 0 atom stereocenters. The lowest BCUT2D eigenvalue weighted by molar-refractivity contribution is 0.414. The highest BCUT2D eigenvalue weighted by Gasteiger charge is 2.05. The SMILES string of the molecule is COc1ccc(Cc2nccc3cc(OC)ccc23)cc1. The van der Waals surface area contributed by atoms with Gasteiger partial charge in [-0.25, -0.2) is 0 Å². The van der Waals surface area contributed by atoms with E-state index in [1.807, 2.05) is 36.5 Å². The molecule has 0 N–H and O–H groups in total. The van der Waals surface area contributed by atoms with Crippen molar-refractivity contribution in [3.8, 4) is 11.5 Å². The van der Waals surface area contributed by atoms with Crippen molar-refractivity contribution in [3.05, 3.63) is 66.0 Å². The lowest BCUT2D eigenvalue weighted by Crippen LogP contribution is -1.94. The minimum atomic E-state index is 0.799. The third kappa shape index (κ3) is 2.82. The van der Waals surface area contributed by atoms with Gasteiger partial charge < -0.3 is 9.47 Å². The molecular formula is C18H17NO2. The predicted octanol–water partition coefficient (Wildman–Crippen LogP) is 3.84. The van der Waals surface area contributed by atoms with E-state index in [4.69, 9.17) is 9.47 Å². The summed E-state index contributed by atoms with van der Waals surface area (Å²) in [5.74, 6) is 1.73. The van der Waals surface area contributed by atoms with Gasteiger partial charge in [0.2, 0.25) is 0 Å². The quantitative estimate of drug-likeness (QED) is 0.727. The maximum absolute atomic E-state index is 5.27. The van der Waals surface area contributed by atoms with Crippen molar-refractivity contribution in [2.45, 2.75) is 6.42 Å². The highest BCUT2D eigenvalue weighted by Crippen LogP contribution is 2.24. The molecule has 0 amide bonds. The molecule has 0 radical (unpaired) electrons. The summed E-state index contributed by atoms with van der Waals surface area (Å²) in [6.07, 6.45) is 2.65. The Kier molecular flexibility index (Phi) is 3.73. The first kappa shape index (κ1) is 13.4. The molecule has 3 nitrogen and oxygen atoms in total. The van der Waals surface area contributed by atoms with Crippen LogP contribution in [0, 0.1) is 0 Å². The zero-order valence-electron chi connectivity index (χ0n) is 12.2.